The maximum absolute atomic E-state index is 12.4. The molecule has 3 atom stereocenters. The fourth-order valence-corrected chi connectivity index (χ4v) is 5.35. The Morgan fingerprint density at radius 2 is 2.20 bits per heavy atom. The van der Waals surface area contributed by atoms with Gasteiger partial charge >= 0.3 is 0 Å². The molecule has 0 radical (unpaired) electrons. The highest BCUT2D eigenvalue weighted by molar-refractivity contribution is 7.89. The first-order chi connectivity index (χ1) is 9.51. The number of aryl methyl sites for hydroxylation is 1. The Kier molecular flexibility index (Phi) is 3.60. The number of nitrogens with one attached hydrogen (secondary N) is 2. The molecule has 2 bridgehead atoms. The lowest BCUT2D eigenvalue weighted by molar-refractivity contribution is 0.332. The molecule has 2 aliphatic rings. The van der Waals surface area contributed by atoms with Crippen LogP contribution in [0.25, 0.3) is 0 Å². The van der Waals surface area contributed by atoms with Crippen LogP contribution >= 0.6 is 0 Å². The fourth-order valence-electron chi connectivity index (χ4n) is 3.88. The molecule has 0 aromatic carbocycles. The van der Waals surface area contributed by atoms with Gasteiger partial charge in [-0.25, -0.2) is 13.1 Å². The van der Waals surface area contributed by atoms with Gasteiger partial charge in [0.15, 0.2) is 0 Å². The maximum Gasteiger partial charge on any atom is 0.244 e. The summed E-state index contributed by atoms with van der Waals surface area (Å²) >= 11 is 0. The van der Waals surface area contributed by atoms with Crippen molar-refractivity contribution in [2.45, 2.75) is 44.0 Å². The third-order valence-electron chi connectivity index (χ3n) is 4.84. The van der Waals surface area contributed by atoms with Crippen LogP contribution in [0.5, 0.6) is 0 Å². The minimum Gasteiger partial charge on any atom is -0.325 e. The van der Waals surface area contributed by atoms with Crippen LogP contribution in [0.3, 0.4) is 0 Å². The molecule has 0 saturated heterocycles. The Morgan fingerprint density at radius 3 is 2.80 bits per heavy atom. The van der Waals surface area contributed by atoms with Gasteiger partial charge in [-0.05, 0) is 43.9 Å². The SMILES string of the molecule is Cc1[nH]nc(CN)c1S(=O)(=O)NCC1CC2CCC1C2. The zero-order valence-electron chi connectivity index (χ0n) is 11.7. The van der Waals surface area contributed by atoms with Crippen molar-refractivity contribution in [2.24, 2.45) is 23.5 Å². The molecule has 1 heterocycles. The number of nitrogens with two attached hydrogens (primary N) is 1. The van der Waals surface area contributed by atoms with E-state index in [1.54, 1.807) is 6.92 Å². The predicted octanol–water partition coefficient (Wildman–Crippen LogP) is 0.891. The molecule has 4 N–H and O–H groups in total. The van der Waals surface area contributed by atoms with Crippen molar-refractivity contribution in [2.75, 3.05) is 6.54 Å². The largest absolute Gasteiger partial charge is 0.325 e. The van der Waals surface area contributed by atoms with Gasteiger partial charge in [0.25, 0.3) is 0 Å². The van der Waals surface area contributed by atoms with E-state index in [1.807, 2.05) is 0 Å². The number of aromatic nitrogens is 2. The lowest BCUT2D eigenvalue weighted by atomic mass is 9.89. The van der Waals surface area contributed by atoms with Crippen LogP contribution in [-0.4, -0.2) is 25.2 Å². The Hall–Kier alpha value is -0.920. The summed E-state index contributed by atoms with van der Waals surface area (Å²) in [5, 5.41) is 6.65. The molecule has 7 heteroatoms. The molecular formula is C13H22N4O2S. The van der Waals surface area contributed by atoms with Crippen LogP contribution < -0.4 is 10.5 Å². The Balaban J connectivity index is 1.71. The number of hydrogen-bond donors (Lipinski definition) is 3. The zero-order valence-corrected chi connectivity index (χ0v) is 12.5. The Bertz CT molecular complexity index is 596. The summed E-state index contributed by atoms with van der Waals surface area (Å²) in [6.45, 7) is 2.37. The van der Waals surface area contributed by atoms with Gasteiger partial charge in [-0.1, -0.05) is 6.42 Å². The molecule has 6 nitrogen and oxygen atoms in total. The summed E-state index contributed by atoms with van der Waals surface area (Å²) in [5.41, 5.74) is 6.51. The first-order valence-electron chi connectivity index (χ1n) is 7.25. The first kappa shape index (κ1) is 14.0. The summed E-state index contributed by atoms with van der Waals surface area (Å²) in [6.07, 6.45) is 5.04. The minimum atomic E-state index is -3.52. The highest BCUT2D eigenvalue weighted by atomic mass is 32.2. The van der Waals surface area contributed by atoms with E-state index < -0.39 is 10.0 Å². The molecule has 2 aliphatic carbocycles. The van der Waals surface area contributed by atoms with Crippen molar-refractivity contribution in [3.05, 3.63) is 11.4 Å². The summed E-state index contributed by atoms with van der Waals surface area (Å²) in [7, 11) is -3.52. The van der Waals surface area contributed by atoms with Gasteiger partial charge in [0.2, 0.25) is 10.0 Å². The van der Waals surface area contributed by atoms with Crippen LogP contribution in [0.1, 0.15) is 37.1 Å². The number of rotatable bonds is 5. The second-order valence-corrected chi connectivity index (χ2v) is 7.82. The maximum atomic E-state index is 12.4. The highest BCUT2D eigenvalue weighted by Gasteiger charge is 2.39. The molecule has 2 fully saturated rings. The topological polar surface area (TPSA) is 101 Å². The molecule has 3 rings (SSSR count). The number of nitrogens with zero attached hydrogens (tertiary/aromatic N) is 1. The van der Waals surface area contributed by atoms with E-state index in [0.29, 0.717) is 29.8 Å². The molecule has 1 aromatic rings. The molecule has 2 saturated carbocycles. The number of fused-ring (bicyclic) bond motifs is 2. The third-order valence-corrected chi connectivity index (χ3v) is 6.47. The lowest BCUT2D eigenvalue weighted by Crippen LogP contribution is -2.32. The summed E-state index contributed by atoms with van der Waals surface area (Å²) in [6, 6.07) is 0. The lowest BCUT2D eigenvalue weighted by Gasteiger charge is -2.21. The van der Waals surface area contributed by atoms with E-state index in [2.05, 4.69) is 14.9 Å². The quantitative estimate of drug-likeness (QED) is 0.751. The van der Waals surface area contributed by atoms with Crippen LogP contribution in [0, 0.1) is 24.7 Å². The van der Waals surface area contributed by atoms with Crippen LogP contribution in [0.15, 0.2) is 4.90 Å². The minimum absolute atomic E-state index is 0.120. The van der Waals surface area contributed by atoms with Crippen LogP contribution in [0.4, 0.5) is 0 Å². The van der Waals surface area contributed by atoms with E-state index in [4.69, 9.17) is 5.73 Å². The van der Waals surface area contributed by atoms with E-state index in [-0.39, 0.29) is 11.4 Å². The van der Waals surface area contributed by atoms with E-state index in [0.717, 1.165) is 5.92 Å². The molecule has 20 heavy (non-hydrogen) atoms. The average molecular weight is 298 g/mol. The average Bonchev–Trinajstić information content (AvgIpc) is 3.10. The standard InChI is InChI=1S/C13H22N4O2S/c1-8-13(12(6-14)17-16-8)20(18,19)15-7-11-5-9-2-3-10(11)4-9/h9-11,15H,2-7,14H2,1H3,(H,16,17). The van der Waals surface area contributed by atoms with Crippen molar-refractivity contribution < 1.29 is 8.42 Å². The van der Waals surface area contributed by atoms with Gasteiger partial charge in [-0.2, -0.15) is 5.10 Å². The Labute approximate surface area is 119 Å². The van der Waals surface area contributed by atoms with E-state index in [9.17, 15) is 8.42 Å². The second kappa shape index (κ2) is 5.13. The normalized spacial score (nSPS) is 29.2. The van der Waals surface area contributed by atoms with Crippen molar-refractivity contribution in [1.82, 2.24) is 14.9 Å². The van der Waals surface area contributed by atoms with Gasteiger partial charge in [0.1, 0.15) is 4.90 Å². The number of H-pyrrole nitrogens is 1. The van der Waals surface area contributed by atoms with Crippen molar-refractivity contribution in [1.29, 1.82) is 0 Å². The predicted molar refractivity (Wildman–Crippen MR) is 75.3 cm³/mol. The summed E-state index contributed by atoms with van der Waals surface area (Å²) in [5.74, 6) is 2.03. The van der Waals surface area contributed by atoms with Gasteiger partial charge < -0.3 is 5.73 Å². The van der Waals surface area contributed by atoms with Crippen LogP contribution in [-0.2, 0) is 16.6 Å². The van der Waals surface area contributed by atoms with Crippen molar-refractivity contribution in [3.8, 4) is 0 Å². The fraction of sp³-hybridized carbons (Fsp3) is 0.769. The molecule has 3 unspecified atom stereocenters. The van der Waals surface area contributed by atoms with Gasteiger partial charge in [0.05, 0.1) is 11.4 Å². The number of hydrogen-bond acceptors (Lipinski definition) is 4. The summed E-state index contributed by atoms with van der Waals surface area (Å²) in [4.78, 5) is 0.225. The van der Waals surface area contributed by atoms with Gasteiger partial charge in [0, 0.05) is 13.1 Å². The second-order valence-electron chi connectivity index (χ2n) is 6.12. The molecule has 0 aliphatic heterocycles. The van der Waals surface area contributed by atoms with E-state index in [1.165, 1.54) is 25.7 Å². The Morgan fingerprint density at radius 1 is 1.40 bits per heavy atom. The highest BCUT2D eigenvalue weighted by Crippen LogP contribution is 2.48. The number of sulfonamides is 1. The molecule has 112 valence electrons. The van der Waals surface area contributed by atoms with Crippen molar-refractivity contribution in [3.63, 3.8) is 0 Å². The monoisotopic (exact) mass is 298 g/mol. The summed E-state index contributed by atoms with van der Waals surface area (Å²) < 4.78 is 27.6. The van der Waals surface area contributed by atoms with E-state index >= 15 is 0 Å². The van der Waals surface area contributed by atoms with Gasteiger partial charge in [-0.15, -0.1) is 0 Å². The smallest absolute Gasteiger partial charge is 0.244 e. The van der Waals surface area contributed by atoms with Crippen molar-refractivity contribution >= 4 is 10.0 Å². The molecular weight excluding hydrogens is 276 g/mol. The zero-order chi connectivity index (χ0) is 14.3. The molecule has 0 spiro atoms. The third kappa shape index (κ3) is 2.38. The molecule has 0 amide bonds. The molecule has 1 aromatic heterocycles. The number of aromatic amines is 1. The van der Waals surface area contributed by atoms with Gasteiger partial charge in [-0.3, -0.25) is 5.10 Å². The van der Waals surface area contributed by atoms with Crippen LogP contribution in [0.2, 0.25) is 0 Å². The first-order valence-corrected chi connectivity index (χ1v) is 8.73.